The number of carbonyl (C=O) groups is 1. The third kappa shape index (κ3) is 3.99. The first kappa shape index (κ1) is 14.4. The van der Waals surface area contributed by atoms with Crippen LogP contribution in [0.3, 0.4) is 0 Å². The summed E-state index contributed by atoms with van der Waals surface area (Å²) in [5, 5.41) is 2.71. The van der Waals surface area contributed by atoms with Crippen LogP contribution in [0.5, 0.6) is 0 Å². The van der Waals surface area contributed by atoms with E-state index in [1.807, 2.05) is 24.3 Å². The van der Waals surface area contributed by atoms with Crippen molar-refractivity contribution in [2.24, 2.45) is 0 Å². The number of hydrogen-bond donors (Lipinski definition) is 2. The third-order valence-electron chi connectivity index (χ3n) is 2.68. The minimum atomic E-state index is -0.323. The zero-order valence-electron chi connectivity index (χ0n) is 11.0. The summed E-state index contributed by atoms with van der Waals surface area (Å²) in [5.41, 5.74) is 7.90. The van der Waals surface area contributed by atoms with Gasteiger partial charge in [0.2, 0.25) is 5.91 Å². The number of amides is 1. The lowest BCUT2D eigenvalue weighted by molar-refractivity contribution is -0.114. The maximum atomic E-state index is 12.9. The normalized spacial score (nSPS) is 10.3. The average molecular weight is 290 g/mol. The largest absolute Gasteiger partial charge is 0.398 e. The van der Waals surface area contributed by atoms with Crippen LogP contribution in [0.1, 0.15) is 12.5 Å². The molecule has 0 radical (unpaired) electrons. The molecule has 1 amide bonds. The Morgan fingerprint density at radius 1 is 1.25 bits per heavy atom. The molecule has 20 heavy (non-hydrogen) atoms. The van der Waals surface area contributed by atoms with Crippen molar-refractivity contribution in [1.29, 1.82) is 0 Å². The number of nitrogens with one attached hydrogen (secondary N) is 1. The van der Waals surface area contributed by atoms with E-state index in [1.165, 1.54) is 19.1 Å². The molecule has 0 fully saturated rings. The summed E-state index contributed by atoms with van der Waals surface area (Å²) in [6.45, 7) is 1.47. The molecule has 0 atom stereocenters. The molecule has 0 saturated carbocycles. The van der Waals surface area contributed by atoms with Crippen LogP contribution in [0, 0.1) is 5.82 Å². The molecular weight excluding hydrogens is 275 g/mol. The number of anilines is 2. The van der Waals surface area contributed by atoms with Crippen LogP contribution in [-0.4, -0.2) is 5.91 Å². The first-order chi connectivity index (χ1) is 9.54. The average Bonchev–Trinajstić information content (AvgIpc) is 2.39. The van der Waals surface area contributed by atoms with Crippen molar-refractivity contribution in [1.82, 2.24) is 0 Å². The Bertz CT molecular complexity index is 614. The second-order valence-electron chi connectivity index (χ2n) is 4.34. The first-order valence-corrected chi connectivity index (χ1v) is 7.07. The van der Waals surface area contributed by atoms with Gasteiger partial charge in [0.25, 0.3) is 0 Å². The summed E-state index contributed by atoms with van der Waals surface area (Å²) in [6.07, 6.45) is 0. The summed E-state index contributed by atoms with van der Waals surface area (Å²) in [6, 6.07) is 12.0. The van der Waals surface area contributed by atoms with Crippen molar-refractivity contribution in [2.45, 2.75) is 17.6 Å². The Morgan fingerprint density at radius 2 is 1.95 bits per heavy atom. The molecule has 2 rings (SSSR count). The Hall–Kier alpha value is -2.01. The number of benzene rings is 2. The van der Waals surface area contributed by atoms with E-state index < -0.39 is 0 Å². The molecule has 0 spiro atoms. The number of carbonyl (C=O) groups excluding carboxylic acids is 1. The van der Waals surface area contributed by atoms with E-state index in [0.29, 0.717) is 11.4 Å². The van der Waals surface area contributed by atoms with E-state index in [2.05, 4.69) is 5.32 Å². The van der Waals surface area contributed by atoms with Gasteiger partial charge in [-0.1, -0.05) is 6.07 Å². The summed E-state index contributed by atoms with van der Waals surface area (Å²) in [4.78, 5) is 12.0. The lowest BCUT2D eigenvalue weighted by Crippen LogP contribution is -2.05. The van der Waals surface area contributed by atoms with Gasteiger partial charge < -0.3 is 11.1 Å². The maximum absolute atomic E-state index is 12.9. The Labute approximate surface area is 121 Å². The van der Waals surface area contributed by atoms with Gasteiger partial charge in [0.15, 0.2) is 0 Å². The quantitative estimate of drug-likeness (QED) is 0.667. The van der Waals surface area contributed by atoms with E-state index >= 15 is 0 Å². The van der Waals surface area contributed by atoms with Gasteiger partial charge in [-0.15, -0.1) is 11.8 Å². The first-order valence-electron chi connectivity index (χ1n) is 6.09. The molecule has 3 nitrogen and oxygen atoms in total. The fourth-order valence-corrected chi connectivity index (χ4v) is 2.61. The Balaban J connectivity index is 1.98. The standard InChI is InChI=1S/C15H15FN2OS/c1-10(19)18-13-4-6-14(7-5-13)20-9-11-2-3-12(16)8-15(11)17/h2-8H,9,17H2,1H3,(H,18,19). The fraction of sp³-hybridized carbons (Fsp3) is 0.133. The molecule has 0 aliphatic carbocycles. The third-order valence-corrected chi connectivity index (χ3v) is 3.74. The Kier molecular flexibility index (Phi) is 4.63. The van der Waals surface area contributed by atoms with Gasteiger partial charge in [-0.05, 0) is 42.0 Å². The van der Waals surface area contributed by atoms with Crippen LogP contribution in [0.2, 0.25) is 0 Å². The highest BCUT2D eigenvalue weighted by molar-refractivity contribution is 7.98. The van der Waals surface area contributed by atoms with Crippen LogP contribution in [0.25, 0.3) is 0 Å². The van der Waals surface area contributed by atoms with Crippen molar-refractivity contribution in [3.8, 4) is 0 Å². The smallest absolute Gasteiger partial charge is 0.221 e. The molecule has 3 N–H and O–H groups in total. The highest BCUT2D eigenvalue weighted by Gasteiger charge is 2.03. The van der Waals surface area contributed by atoms with Gasteiger partial charge in [0.05, 0.1) is 0 Å². The van der Waals surface area contributed by atoms with Gasteiger partial charge in [0.1, 0.15) is 5.82 Å². The van der Waals surface area contributed by atoms with Gasteiger partial charge in [-0.25, -0.2) is 4.39 Å². The summed E-state index contributed by atoms with van der Waals surface area (Å²) in [5.74, 6) is 0.256. The van der Waals surface area contributed by atoms with Crippen molar-refractivity contribution < 1.29 is 9.18 Å². The highest BCUT2D eigenvalue weighted by Crippen LogP contribution is 2.26. The van der Waals surface area contributed by atoms with Gasteiger partial charge in [-0.2, -0.15) is 0 Å². The van der Waals surface area contributed by atoms with E-state index in [9.17, 15) is 9.18 Å². The molecule has 0 unspecified atom stereocenters. The van der Waals surface area contributed by atoms with E-state index in [4.69, 9.17) is 5.73 Å². The van der Waals surface area contributed by atoms with Crippen LogP contribution in [0.4, 0.5) is 15.8 Å². The van der Waals surface area contributed by atoms with Gasteiger partial charge in [-0.3, -0.25) is 4.79 Å². The van der Waals surface area contributed by atoms with Crippen LogP contribution < -0.4 is 11.1 Å². The molecule has 2 aromatic carbocycles. The lowest BCUT2D eigenvalue weighted by atomic mass is 10.2. The summed E-state index contributed by atoms with van der Waals surface area (Å²) >= 11 is 1.61. The number of thioether (sulfide) groups is 1. The molecule has 0 aliphatic rings. The molecule has 0 bridgehead atoms. The fourth-order valence-electron chi connectivity index (χ4n) is 1.70. The predicted octanol–water partition coefficient (Wildman–Crippen LogP) is 3.66. The van der Waals surface area contributed by atoms with Crippen LogP contribution in [0.15, 0.2) is 47.4 Å². The van der Waals surface area contributed by atoms with Crippen molar-refractivity contribution in [3.63, 3.8) is 0 Å². The lowest BCUT2D eigenvalue weighted by Gasteiger charge is -2.07. The van der Waals surface area contributed by atoms with Crippen molar-refractivity contribution in [3.05, 3.63) is 53.8 Å². The van der Waals surface area contributed by atoms with Crippen LogP contribution in [-0.2, 0) is 10.5 Å². The van der Waals surface area contributed by atoms with Crippen LogP contribution >= 0.6 is 11.8 Å². The van der Waals surface area contributed by atoms with E-state index in [0.717, 1.165) is 16.1 Å². The number of hydrogen-bond acceptors (Lipinski definition) is 3. The molecular formula is C15H15FN2OS. The molecule has 2 aromatic rings. The SMILES string of the molecule is CC(=O)Nc1ccc(SCc2ccc(F)cc2N)cc1. The topological polar surface area (TPSA) is 55.1 Å². The second-order valence-corrected chi connectivity index (χ2v) is 5.39. The molecule has 0 aliphatic heterocycles. The van der Waals surface area contributed by atoms with E-state index in [-0.39, 0.29) is 11.7 Å². The van der Waals surface area contributed by atoms with E-state index in [1.54, 1.807) is 17.8 Å². The number of nitrogen functional groups attached to an aromatic ring is 1. The molecule has 0 aromatic heterocycles. The molecule has 5 heteroatoms. The number of rotatable bonds is 4. The van der Waals surface area contributed by atoms with Gasteiger partial charge in [0, 0.05) is 28.9 Å². The molecule has 0 heterocycles. The van der Waals surface area contributed by atoms with Gasteiger partial charge >= 0.3 is 0 Å². The zero-order valence-corrected chi connectivity index (χ0v) is 11.8. The molecule has 0 saturated heterocycles. The van der Waals surface area contributed by atoms with Crippen molar-refractivity contribution >= 4 is 29.0 Å². The summed E-state index contributed by atoms with van der Waals surface area (Å²) in [7, 11) is 0. The monoisotopic (exact) mass is 290 g/mol. The zero-order chi connectivity index (χ0) is 14.5. The minimum Gasteiger partial charge on any atom is -0.398 e. The predicted molar refractivity (Wildman–Crippen MR) is 81.1 cm³/mol. The highest BCUT2D eigenvalue weighted by atomic mass is 32.2. The maximum Gasteiger partial charge on any atom is 0.221 e. The number of halogens is 1. The second kappa shape index (κ2) is 6.43. The molecule has 104 valence electrons. The van der Waals surface area contributed by atoms with Crippen molar-refractivity contribution in [2.75, 3.05) is 11.1 Å². The summed E-state index contributed by atoms with van der Waals surface area (Å²) < 4.78 is 12.9. The minimum absolute atomic E-state index is 0.0931. The Morgan fingerprint density at radius 3 is 2.55 bits per heavy atom. The number of nitrogens with two attached hydrogens (primary N) is 1.